The van der Waals surface area contributed by atoms with Crippen LogP contribution in [0.3, 0.4) is 0 Å². The van der Waals surface area contributed by atoms with Gasteiger partial charge in [0.15, 0.2) is 0 Å². The van der Waals surface area contributed by atoms with E-state index in [0.717, 1.165) is 64.2 Å². The average molecular weight is 499 g/mol. The topological polar surface area (TPSA) is 69.3 Å². The highest BCUT2D eigenvalue weighted by Crippen LogP contribution is 2.38. The first-order valence-electron chi connectivity index (χ1n) is 13.8. The smallest absolute Gasteiger partial charge is 0.306 e. The van der Waals surface area contributed by atoms with Crippen LogP contribution in [0.5, 0.6) is 0 Å². The highest BCUT2D eigenvalue weighted by atomic mass is 17.5. The maximum Gasteiger partial charge on any atom is 0.306 e. The molecular weight excluding hydrogens is 444 g/mol. The summed E-state index contributed by atoms with van der Waals surface area (Å²) in [7, 11) is 2.17. The first kappa shape index (κ1) is 30.5. The van der Waals surface area contributed by atoms with Gasteiger partial charge in [0.05, 0.1) is 12.7 Å². The van der Waals surface area contributed by atoms with Gasteiger partial charge in [-0.25, -0.2) is 9.78 Å². The molecule has 0 amide bonds. The number of likely N-dealkylation sites (tertiary alicyclic amines) is 1. The number of carbonyl (C=O) groups excluding carboxylic acids is 1. The van der Waals surface area contributed by atoms with E-state index in [-0.39, 0.29) is 40.3 Å². The number of piperidine rings is 2. The number of ether oxygens (including phenoxy) is 1. The monoisotopic (exact) mass is 498 g/mol. The molecule has 2 aliphatic heterocycles. The van der Waals surface area contributed by atoms with Gasteiger partial charge in [-0.05, 0) is 88.1 Å². The second kappa shape index (κ2) is 12.7. The number of nitrogens with zero attached hydrogens (tertiary/aromatic N) is 1. The summed E-state index contributed by atoms with van der Waals surface area (Å²) in [5.74, 6) is -0.0442. The molecule has 2 heterocycles. The predicted octanol–water partition coefficient (Wildman–Crippen LogP) is 6.10. The molecule has 0 radical (unpaired) electrons. The van der Waals surface area contributed by atoms with Crippen molar-refractivity contribution in [3.63, 3.8) is 0 Å². The Morgan fingerprint density at radius 3 is 1.86 bits per heavy atom. The van der Waals surface area contributed by atoms with E-state index >= 15 is 0 Å². The van der Waals surface area contributed by atoms with Crippen molar-refractivity contribution in [1.82, 2.24) is 10.2 Å². The van der Waals surface area contributed by atoms with Crippen LogP contribution >= 0.6 is 0 Å². The molecular formula is C28H54N2O5. The van der Waals surface area contributed by atoms with Crippen LogP contribution in [0.25, 0.3) is 0 Å². The molecule has 7 nitrogen and oxygen atoms in total. The molecule has 2 aliphatic rings. The highest BCUT2D eigenvalue weighted by molar-refractivity contribution is 5.69. The minimum atomic E-state index is -0.0442. The average Bonchev–Trinajstić information content (AvgIpc) is 2.67. The van der Waals surface area contributed by atoms with E-state index in [1.54, 1.807) is 0 Å². The van der Waals surface area contributed by atoms with E-state index in [9.17, 15) is 4.79 Å². The molecule has 0 aliphatic carbocycles. The van der Waals surface area contributed by atoms with Crippen molar-refractivity contribution < 1.29 is 24.3 Å². The third kappa shape index (κ3) is 10.6. The second-order valence-electron chi connectivity index (χ2n) is 13.5. The van der Waals surface area contributed by atoms with Gasteiger partial charge in [0.2, 0.25) is 0 Å². The third-order valence-corrected chi connectivity index (χ3v) is 7.80. The Bertz CT molecular complexity index is 628. The summed E-state index contributed by atoms with van der Waals surface area (Å²) >= 11 is 0. The first-order valence-corrected chi connectivity index (χ1v) is 13.8. The molecule has 0 aromatic carbocycles. The number of unbranched alkanes of at least 4 members (excludes halogenated alkanes) is 5. The largest absolute Gasteiger partial charge is 0.462 e. The van der Waals surface area contributed by atoms with E-state index in [1.165, 1.54) is 0 Å². The number of hydrogen-bond donors (Lipinski definition) is 1. The zero-order valence-corrected chi connectivity index (χ0v) is 24.1. The lowest BCUT2D eigenvalue weighted by Crippen LogP contribution is -2.60. The lowest BCUT2D eigenvalue weighted by molar-refractivity contribution is -0.529. The molecule has 35 heavy (non-hydrogen) atoms. The number of hydrogen-bond acceptors (Lipinski definition) is 7. The van der Waals surface area contributed by atoms with Gasteiger partial charge in [-0.3, -0.25) is 9.69 Å². The van der Waals surface area contributed by atoms with Crippen LogP contribution in [-0.2, 0) is 24.3 Å². The summed E-state index contributed by atoms with van der Waals surface area (Å²) in [4.78, 5) is 25.5. The number of carbonyl (C=O) groups is 1. The Balaban J connectivity index is 1.45. The molecule has 0 bridgehead atoms. The number of rotatable bonds is 13. The Kier molecular flexibility index (Phi) is 11.0. The molecule has 0 unspecified atom stereocenters. The summed E-state index contributed by atoms with van der Waals surface area (Å²) in [6.45, 7) is 18.2. The SMILES string of the molecule is CN1C(C)(C)CC(OC(=O)CCCCCCCCOOOC2CC(C)(C)NC(C)(C)C2)CC1(C)C. The normalized spacial score (nSPS) is 24.4. The van der Waals surface area contributed by atoms with Crippen molar-refractivity contribution in [2.75, 3.05) is 13.7 Å². The van der Waals surface area contributed by atoms with E-state index in [4.69, 9.17) is 19.6 Å². The van der Waals surface area contributed by atoms with Crippen LogP contribution in [0.4, 0.5) is 0 Å². The Hall–Kier alpha value is -0.730. The Labute approximate surface area is 214 Å². The second-order valence-corrected chi connectivity index (χ2v) is 13.5. The van der Waals surface area contributed by atoms with Crippen LogP contribution in [0.2, 0.25) is 0 Å². The quantitative estimate of drug-likeness (QED) is 0.142. The summed E-state index contributed by atoms with van der Waals surface area (Å²) < 4.78 is 5.85. The van der Waals surface area contributed by atoms with Crippen LogP contribution in [-0.4, -0.2) is 58.9 Å². The Morgan fingerprint density at radius 2 is 1.29 bits per heavy atom. The lowest BCUT2D eigenvalue weighted by Gasteiger charge is -2.53. The van der Waals surface area contributed by atoms with Gasteiger partial charge in [-0.1, -0.05) is 30.7 Å². The van der Waals surface area contributed by atoms with Gasteiger partial charge in [0.25, 0.3) is 0 Å². The van der Waals surface area contributed by atoms with Gasteiger partial charge in [0, 0.05) is 41.4 Å². The molecule has 0 spiro atoms. The fourth-order valence-electron chi connectivity index (χ4n) is 6.16. The minimum absolute atomic E-state index is 0.0164. The summed E-state index contributed by atoms with van der Waals surface area (Å²) in [6, 6.07) is 0. The third-order valence-electron chi connectivity index (χ3n) is 7.80. The zero-order chi connectivity index (χ0) is 26.3. The minimum Gasteiger partial charge on any atom is -0.462 e. The Morgan fingerprint density at radius 1 is 0.771 bits per heavy atom. The van der Waals surface area contributed by atoms with Crippen molar-refractivity contribution in [2.45, 2.75) is 160 Å². The zero-order valence-electron chi connectivity index (χ0n) is 24.1. The molecule has 2 fully saturated rings. The first-order chi connectivity index (χ1) is 16.1. The van der Waals surface area contributed by atoms with Crippen molar-refractivity contribution in [1.29, 1.82) is 0 Å². The van der Waals surface area contributed by atoms with Crippen LogP contribution in [0, 0.1) is 0 Å². The lowest BCUT2D eigenvalue weighted by atomic mass is 9.79. The van der Waals surface area contributed by atoms with Gasteiger partial charge in [-0.2, -0.15) is 0 Å². The van der Waals surface area contributed by atoms with Gasteiger partial charge in [0.1, 0.15) is 6.10 Å². The van der Waals surface area contributed by atoms with Gasteiger partial charge < -0.3 is 10.1 Å². The number of esters is 1. The molecule has 0 saturated carbocycles. The highest BCUT2D eigenvalue weighted by Gasteiger charge is 2.44. The van der Waals surface area contributed by atoms with E-state index in [2.05, 4.69) is 72.7 Å². The molecule has 1 N–H and O–H groups in total. The molecule has 0 aromatic heterocycles. The summed E-state index contributed by atoms with van der Waals surface area (Å²) in [5.41, 5.74) is 0.115. The van der Waals surface area contributed by atoms with Gasteiger partial charge in [-0.15, -0.1) is 0 Å². The summed E-state index contributed by atoms with van der Waals surface area (Å²) in [6.07, 6.45) is 10.4. The molecule has 0 atom stereocenters. The maximum atomic E-state index is 12.4. The van der Waals surface area contributed by atoms with Crippen LogP contribution in [0.1, 0.15) is 126 Å². The van der Waals surface area contributed by atoms with E-state index in [1.807, 2.05) is 0 Å². The molecule has 2 saturated heterocycles. The van der Waals surface area contributed by atoms with Crippen molar-refractivity contribution in [3.05, 3.63) is 0 Å². The van der Waals surface area contributed by atoms with Gasteiger partial charge >= 0.3 is 5.97 Å². The fraction of sp³-hybridized carbons (Fsp3) is 0.964. The standard InChI is InChI=1S/C28H54N2O5/c1-25(2)18-23(19-26(3,4)29-25)34-35-32-17-15-13-11-10-12-14-16-24(31)33-22-20-27(5,6)30(9)28(7,8)21-22/h22-23,29H,10-21H2,1-9H3. The van der Waals surface area contributed by atoms with E-state index < -0.39 is 0 Å². The van der Waals surface area contributed by atoms with Crippen molar-refractivity contribution in [3.8, 4) is 0 Å². The number of nitrogens with one attached hydrogen (secondary N) is 1. The molecule has 2 rings (SSSR count). The van der Waals surface area contributed by atoms with E-state index in [0.29, 0.717) is 13.0 Å². The molecule has 0 aromatic rings. The fourth-order valence-corrected chi connectivity index (χ4v) is 6.16. The van der Waals surface area contributed by atoms with Crippen LogP contribution < -0.4 is 5.32 Å². The van der Waals surface area contributed by atoms with Crippen molar-refractivity contribution in [2.24, 2.45) is 0 Å². The molecule has 206 valence electrons. The summed E-state index contributed by atoms with van der Waals surface area (Å²) in [5, 5.41) is 8.67. The maximum absolute atomic E-state index is 12.4. The molecule has 7 heteroatoms. The van der Waals surface area contributed by atoms with Crippen molar-refractivity contribution >= 4 is 5.97 Å². The predicted molar refractivity (Wildman–Crippen MR) is 140 cm³/mol. The van der Waals surface area contributed by atoms with Crippen LogP contribution in [0.15, 0.2) is 0 Å².